The van der Waals surface area contributed by atoms with E-state index < -0.39 is 0 Å². The van der Waals surface area contributed by atoms with Crippen molar-refractivity contribution < 1.29 is 4.42 Å². The van der Waals surface area contributed by atoms with E-state index in [2.05, 4.69) is 194 Å². The molecule has 8 aromatic carbocycles. The van der Waals surface area contributed by atoms with Gasteiger partial charge >= 0.3 is 0 Å². The van der Waals surface area contributed by atoms with Crippen molar-refractivity contribution in [2.45, 2.75) is 13.8 Å². The zero-order valence-corrected chi connectivity index (χ0v) is 27.5. The Hall–Kier alpha value is -6.32. The lowest BCUT2D eigenvalue weighted by atomic mass is 9.97. The molecule has 234 valence electrons. The van der Waals surface area contributed by atoms with Crippen LogP contribution in [0.15, 0.2) is 174 Å². The second-order valence-corrected chi connectivity index (χ2v) is 12.8. The number of nitrogens with zero attached hydrogens (tertiary/aromatic N) is 2. The highest BCUT2D eigenvalue weighted by Crippen LogP contribution is 2.50. The first-order valence-corrected chi connectivity index (χ1v) is 16.8. The van der Waals surface area contributed by atoms with Gasteiger partial charge in [-0.3, -0.25) is 0 Å². The fourth-order valence-electron chi connectivity index (χ4n) is 7.16. The molecule has 1 aromatic heterocycles. The number of aryl methyl sites for hydroxylation is 2. The van der Waals surface area contributed by atoms with Gasteiger partial charge in [-0.15, -0.1) is 0 Å². The Morgan fingerprint density at radius 3 is 1.12 bits per heavy atom. The predicted octanol–water partition coefficient (Wildman–Crippen LogP) is 13.4. The van der Waals surface area contributed by atoms with Crippen LogP contribution in [-0.2, 0) is 0 Å². The molecule has 0 atom stereocenters. The van der Waals surface area contributed by atoms with E-state index in [1.54, 1.807) is 0 Å². The molecule has 3 heteroatoms. The van der Waals surface area contributed by atoms with Crippen LogP contribution in [0.4, 0.5) is 34.1 Å². The SMILES string of the molecule is Cc1ccc(N(c2ccccc2)c2cc3ccccc3c3c2oc2c(N(c4ccccc4)c4ccc(C)cc4)cc4ccccc4c23)cc1. The molecule has 0 amide bonds. The lowest BCUT2D eigenvalue weighted by Crippen LogP contribution is -2.10. The Kier molecular flexibility index (Phi) is 6.91. The Balaban J connectivity index is 1.45. The van der Waals surface area contributed by atoms with Crippen LogP contribution in [0.2, 0.25) is 0 Å². The van der Waals surface area contributed by atoms with Gasteiger partial charge < -0.3 is 14.2 Å². The monoisotopic (exact) mass is 630 g/mol. The largest absolute Gasteiger partial charge is 0.452 e. The quantitative estimate of drug-likeness (QED) is 0.182. The van der Waals surface area contributed by atoms with Gasteiger partial charge in [0.15, 0.2) is 11.2 Å². The lowest BCUT2D eigenvalue weighted by molar-refractivity contribution is 0.670. The molecule has 0 N–H and O–H groups in total. The molecular formula is C46H34N2O. The summed E-state index contributed by atoms with van der Waals surface area (Å²) in [4.78, 5) is 4.65. The second kappa shape index (κ2) is 11.7. The molecule has 9 rings (SSSR count). The van der Waals surface area contributed by atoms with Crippen molar-refractivity contribution >= 4 is 77.6 Å². The van der Waals surface area contributed by atoms with Gasteiger partial charge in [-0.25, -0.2) is 0 Å². The number of benzene rings is 8. The summed E-state index contributed by atoms with van der Waals surface area (Å²) in [6, 6.07) is 60.6. The highest BCUT2D eigenvalue weighted by Gasteiger charge is 2.26. The highest BCUT2D eigenvalue weighted by atomic mass is 16.3. The number of hydrogen-bond donors (Lipinski definition) is 0. The first-order chi connectivity index (χ1) is 24.1. The van der Waals surface area contributed by atoms with E-state index in [0.717, 1.165) is 66.8 Å². The third-order valence-electron chi connectivity index (χ3n) is 9.51. The van der Waals surface area contributed by atoms with Crippen LogP contribution in [0.3, 0.4) is 0 Å². The minimum absolute atomic E-state index is 0.854. The minimum Gasteiger partial charge on any atom is -0.452 e. The summed E-state index contributed by atoms with van der Waals surface area (Å²) in [6.07, 6.45) is 0. The molecule has 0 saturated heterocycles. The smallest absolute Gasteiger partial charge is 0.160 e. The van der Waals surface area contributed by atoms with E-state index in [-0.39, 0.29) is 0 Å². The van der Waals surface area contributed by atoms with Crippen molar-refractivity contribution in [2.75, 3.05) is 9.80 Å². The van der Waals surface area contributed by atoms with Crippen LogP contribution in [0.1, 0.15) is 11.1 Å². The molecule has 1 heterocycles. The molecule has 0 radical (unpaired) electrons. The van der Waals surface area contributed by atoms with E-state index in [0.29, 0.717) is 0 Å². The van der Waals surface area contributed by atoms with Crippen LogP contribution in [0, 0.1) is 13.8 Å². The van der Waals surface area contributed by atoms with E-state index in [9.17, 15) is 0 Å². The molecule has 3 nitrogen and oxygen atoms in total. The van der Waals surface area contributed by atoms with E-state index >= 15 is 0 Å². The third-order valence-corrected chi connectivity index (χ3v) is 9.51. The lowest BCUT2D eigenvalue weighted by Gasteiger charge is -2.26. The van der Waals surface area contributed by atoms with Gasteiger partial charge in [-0.05, 0) is 96.1 Å². The zero-order valence-electron chi connectivity index (χ0n) is 27.5. The van der Waals surface area contributed by atoms with E-state index in [1.165, 1.54) is 21.9 Å². The van der Waals surface area contributed by atoms with Gasteiger partial charge in [0.25, 0.3) is 0 Å². The van der Waals surface area contributed by atoms with Crippen LogP contribution in [0.25, 0.3) is 43.5 Å². The first kappa shape index (κ1) is 28.9. The van der Waals surface area contributed by atoms with Gasteiger partial charge in [0.05, 0.1) is 11.4 Å². The van der Waals surface area contributed by atoms with Crippen molar-refractivity contribution in [1.29, 1.82) is 0 Å². The van der Waals surface area contributed by atoms with E-state index in [1.807, 2.05) is 0 Å². The zero-order chi connectivity index (χ0) is 32.9. The molecule has 9 aromatic rings. The van der Waals surface area contributed by atoms with Gasteiger partial charge in [0.2, 0.25) is 0 Å². The maximum absolute atomic E-state index is 7.34. The average molecular weight is 631 g/mol. The Morgan fingerprint density at radius 2 is 0.714 bits per heavy atom. The molecule has 0 unspecified atom stereocenters. The summed E-state index contributed by atoms with van der Waals surface area (Å²) in [6.45, 7) is 4.26. The molecule has 49 heavy (non-hydrogen) atoms. The summed E-state index contributed by atoms with van der Waals surface area (Å²) >= 11 is 0. The minimum atomic E-state index is 0.854. The number of hydrogen-bond acceptors (Lipinski definition) is 3. The maximum Gasteiger partial charge on any atom is 0.160 e. The summed E-state index contributed by atoms with van der Waals surface area (Å²) in [5.41, 5.74) is 10.4. The van der Waals surface area contributed by atoms with Crippen molar-refractivity contribution in [1.82, 2.24) is 0 Å². The first-order valence-electron chi connectivity index (χ1n) is 16.8. The molecule has 0 aliphatic rings. The normalized spacial score (nSPS) is 11.5. The number of fused-ring (bicyclic) bond motifs is 7. The fraction of sp³-hybridized carbons (Fsp3) is 0.0435. The fourth-order valence-corrected chi connectivity index (χ4v) is 7.16. The summed E-state index contributed by atoms with van der Waals surface area (Å²) in [5.74, 6) is 0. The topological polar surface area (TPSA) is 19.6 Å². The Labute approximate surface area is 285 Å². The van der Waals surface area contributed by atoms with Crippen molar-refractivity contribution in [3.05, 3.63) is 181 Å². The molecule has 0 saturated carbocycles. The highest BCUT2D eigenvalue weighted by molar-refractivity contribution is 6.31. The van der Waals surface area contributed by atoms with Crippen molar-refractivity contribution in [3.63, 3.8) is 0 Å². The number of rotatable bonds is 6. The van der Waals surface area contributed by atoms with Gasteiger partial charge in [-0.1, -0.05) is 120 Å². The van der Waals surface area contributed by atoms with Crippen LogP contribution in [0.5, 0.6) is 0 Å². The summed E-state index contributed by atoms with van der Waals surface area (Å²) < 4.78 is 7.34. The second-order valence-electron chi connectivity index (χ2n) is 12.8. The third kappa shape index (κ3) is 4.90. The van der Waals surface area contributed by atoms with Gasteiger partial charge in [0, 0.05) is 33.5 Å². The predicted molar refractivity (Wildman–Crippen MR) is 208 cm³/mol. The number of anilines is 6. The number of furan rings is 1. The summed E-state index contributed by atoms with van der Waals surface area (Å²) in [5, 5.41) is 6.89. The van der Waals surface area contributed by atoms with Crippen molar-refractivity contribution in [2.24, 2.45) is 0 Å². The number of para-hydroxylation sites is 2. The van der Waals surface area contributed by atoms with Crippen LogP contribution in [-0.4, -0.2) is 0 Å². The van der Waals surface area contributed by atoms with Crippen LogP contribution < -0.4 is 9.80 Å². The molecular weight excluding hydrogens is 597 g/mol. The Bertz CT molecular complexity index is 2420. The molecule has 0 aliphatic heterocycles. The molecule has 0 aliphatic carbocycles. The van der Waals surface area contributed by atoms with Gasteiger partial charge in [-0.2, -0.15) is 0 Å². The molecule has 0 fully saturated rings. The summed E-state index contributed by atoms with van der Waals surface area (Å²) in [7, 11) is 0. The molecule has 0 spiro atoms. The van der Waals surface area contributed by atoms with Gasteiger partial charge in [0.1, 0.15) is 0 Å². The molecule has 0 bridgehead atoms. The van der Waals surface area contributed by atoms with E-state index in [4.69, 9.17) is 4.42 Å². The Morgan fingerprint density at radius 1 is 0.367 bits per heavy atom. The van der Waals surface area contributed by atoms with Crippen molar-refractivity contribution in [3.8, 4) is 0 Å². The maximum atomic E-state index is 7.34. The standard InChI is InChI=1S/C46H34N2O/c1-31-21-25-37(26-22-31)47(35-15-5-3-6-16-35)41-29-33-13-9-11-19-39(33)43-44-40-20-12-10-14-34(40)30-42(46(44)49-45(41)43)48(36-17-7-4-8-18-36)38-27-23-32(2)24-28-38/h3-30H,1-2H3. The average Bonchev–Trinajstić information content (AvgIpc) is 3.56. The van der Waals surface area contributed by atoms with Crippen LogP contribution >= 0.6 is 0 Å².